The second-order valence-corrected chi connectivity index (χ2v) is 20.9. The smallest absolute Gasteiger partial charge is 0.306 e. The second kappa shape index (κ2) is 65.8. The Bertz CT molecular complexity index is 1730. The molecule has 0 aromatic rings. The molecule has 0 aliphatic rings. The highest BCUT2D eigenvalue weighted by Gasteiger charge is 2.19. The van der Waals surface area contributed by atoms with Crippen LogP contribution >= 0.6 is 0 Å². The third-order valence-corrected chi connectivity index (χ3v) is 13.3. The number of hydrogen-bond acceptors (Lipinski definition) is 6. The van der Waals surface area contributed by atoms with Crippen LogP contribution in [0.5, 0.6) is 0 Å². The van der Waals surface area contributed by atoms with Gasteiger partial charge in [0.25, 0.3) is 0 Å². The van der Waals surface area contributed by atoms with Crippen LogP contribution in [-0.2, 0) is 28.6 Å². The average molecular weight is 1090 g/mol. The van der Waals surface area contributed by atoms with Crippen molar-refractivity contribution in [3.8, 4) is 0 Å². The zero-order chi connectivity index (χ0) is 57.1. The van der Waals surface area contributed by atoms with E-state index in [9.17, 15) is 14.4 Å². The number of rotatable bonds is 57. The molecule has 79 heavy (non-hydrogen) atoms. The van der Waals surface area contributed by atoms with Crippen LogP contribution in [0.1, 0.15) is 278 Å². The van der Waals surface area contributed by atoms with Gasteiger partial charge >= 0.3 is 17.9 Å². The maximum atomic E-state index is 12.9. The van der Waals surface area contributed by atoms with E-state index in [1.165, 1.54) is 109 Å². The predicted molar refractivity (Wildman–Crippen MR) is 343 cm³/mol. The summed E-state index contributed by atoms with van der Waals surface area (Å²) in [4.78, 5) is 38.4. The molecule has 0 aromatic carbocycles. The number of allylic oxidation sites excluding steroid dienone is 24. The highest BCUT2D eigenvalue weighted by molar-refractivity contribution is 5.71. The molecule has 0 rings (SSSR count). The van der Waals surface area contributed by atoms with Gasteiger partial charge in [-0.3, -0.25) is 14.4 Å². The summed E-state index contributed by atoms with van der Waals surface area (Å²) >= 11 is 0. The van der Waals surface area contributed by atoms with Crippen LogP contribution in [0.2, 0.25) is 0 Å². The predicted octanol–water partition coefficient (Wildman–Crippen LogP) is 22.3. The molecule has 0 radical (unpaired) electrons. The van der Waals surface area contributed by atoms with Gasteiger partial charge in [-0.05, 0) is 135 Å². The lowest BCUT2D eigenvalue weighted by Gasteiger charge is -2.18. The summed E-state index contributed by atoms with van der Waals surface area (Å²) in [5.41, 5.74) is 0. The Balaban J connectivity index is 4.53. The van der Waals surface area contributed by atoms with E-state index in [2.05, 4.69) is 167 Å². The van der Waals surface area contributed by atoms with E-state index in [4.69, 9.17) is 14.2 Å². The van der Waals surface area contributed by atoms with Gasteiger partial charge in [-0.25, -0.2) is 0 Å². The Kier molecular flexibility index (Phi) is 61.9. The van der Waals surface area contributed by atoms with Crippen molar-refractivity contribution in [2.75, 3.05) is 13.2 Å². The molecule has 1 unspecified atom stereocenters. The molecule has 6 nitrogen and oxygen atoms in total. The summed E-state index contributed by atoms with van der Waals surface area (Å²) in [7, 11) is 0. The van der Waals surface area contributed by atoms with Crippen LogP contribution in [0, 0.1) is 0 Å². The standard InChI is InChI=1S/C73H118O6/c1-4-7-10-13-16-19-22-25-28-31-33-35-36-38-39-42-45-48-51-54-57-60-63-66-72(75)78-69-70(68-77-71(74)65-62-59-56-53-50-47-44-41-30-27-24-21-18-15-12-9-6-3)79-73(76)67-64-61-58-55-52-49-46-43-40-37-34-32-29-26-23-20-17-14-11-8-5-2/h7-8,10-11,16-17,19-20,25-30,33-35,37-39,45,48,54,57,70H,4-6,9,12-15,18,21-24,31-32,36,40-44,46-47,49-53,55-56,58-69H2,1-3H3/b10-7-,11-8-,19-16-,20-17-,28-25-,29-26-,30-27-,35-33-,37-34-,39-38-,48-45-,57-54-. The lowest BCUT2D eigenvalue weighted by atomic mass is 10.1. The van der Waals surface area contributed by atoms with Gasteiger partial charge in [-0.15, -0.1) is 0 Å². The monoisotopic (exact) mass is 1090 g/mol. The molecule has 446 valence electrons. The first-order valence-electron chi connectivity index (χ1n) is 32.3. The van der Waals surface area contributed by atoms with Crippen molar-refractivity contribution >= 4 is 17.9 Å². The van der Waals surface area contributed by atoms with Gasteiger partial charge in [0.1, 0.15) is 13.2 Å². The van der Waals surface area contributed by atoms with Crippen molar-refractivity contribution in [3.05, 3.63) is 146 Å². The third-order valence-electron chi connectivity index (χ3n) is 13.3. The summed E-state index contributed by atoms with van der Waals surface area (Å²) in [5.74, 6) is -0.979. The molecule has 0 saturated carbocycles. The van der Waals surface area contributed by atoms with Gasteiger partial charge in [0, 0.05) is 19.3 Å². The van der Waals surface area contributed by atoms with Crippen molar-refractivity contribution < 1.29 is 28.6 Å². The molecule has 0 spiro atoms. The Morgan fingerprint density at radius 3 is 0.835 bits per heavy atom. The van der Waals surface area contributed by atoms with E-state index in [-0.39, 0.29) is 37.5 Å². The summed E-state index contributed by atoms with van der Waals surface area (Å²) in [6.45, 7) is 6.36. The number of hydrogen-bond donors (Lipinski definition) is 0. The second-order valence-electron chi connectivity index (χ2n) is 20.9. The lowest BCUT2D eigenvalue weighted by molar-refractivity contribution is -0.167. The molecule has 0 heterocycles. The molecule has 0 fully saturated rings. The Labute approximate surface area is 487 Å². The molecule has 0 amide bonds. The van der Waals surface area contributed by atoms with E-state index in [1.807, 2.05) is 0 Å². The molecule has 0 saturated heterocycles. The van der Waals surface area contributed by atoms with Gasteiger partial charge in [-0.2, -0.15) is 0 Å². The number of esters is 3. The molecule has 0 aromatic heterocycles. The minimum atomic E-state index is -0.816. The van der Waals surface area contributed by atoms with E-state index >= 15 is 0 Å². The van der Waals surface area contributed by atoms with Crippen molar-refractivity contribution in [1.29, 1.82) is 0 Å². The van der Waals surface area contributed by atoms with Crippen LogP contribution in [0.25, 0.3) is 0 Å². The van der Waals surface area contributed by atoms with E-state index < -0.39 is 6.10 Å². The Morgan fingerprint density at radius 1 is 0.266 bits per heavy atom. The Morgan fingerprint density at radius 2 is 0.506 bits per heavy atom. The third kappa shape index (κ3) is 64.0. The largest absolute Gasteiger partial charge is 0.462 e. The van der Waals surface area contributed by atoms with Gasteiger partial charge in [-0.1, -0.05) is 269 Å². The summed E-state index contributed by atoms with van der Waals surface area (Å²) < 4.78 is 16.9. The molecule has 0 N–H and O–H groups in total. The molecule has 0 bridgehead atoms. The van der Waals surface area contributed by atoms with Crippen LogP contribution in [-0.4, -0.2) is 37.2 Å². The minimum Gasteiger partial charge on any atom is -0.462 e. The van der Waals surface area contributed by atoms with Gasteiger partial charge in [0.15, 0.2) is 6.10 Å². The quantitative estimate of drug-likeness (QED) is 0.0261. The maximum Gasteiger partial charge on any atom is 0.306 e. The van der Waals surface area contributed by atoms with Crippen molar-refractivity contribution in [2.45, 2.75) is 284 Å². The zero-order valence-corrected chi connectivity index (χ0v) is 51.1. The maximum absolute atomic E-state index is 12.9. The normalized spacial score (nSPS) is 13.1. The van der Waals surface area contributed by atoms with Gasteiger partial charge in [0.2, 0.25) is 0 Å². The van der Waals surface area contributed by atoms with E-state index in [0.717, 1.165) is 122 Å². The van der Waals surface area contributed by atoms with Crippen molar-refractivity contribution in [3.63, 3.8) is 0 Å². The SMILES string of the molecule is CC/C=C\C/C=C\C/C=C\C/C=C\C/C=C\C/C=C\C/C=C\CCCC(=O)OCC(COC(=O)CCCCCCCCC/C=C\CCCCCCCC)OC(=O)CCCCCCCCCC/C=C\C/C=C\C/C=C\C/C=C\CC. The lowest BCUT2D eigenvalue weighted by Crippen LogP contribution is -2.30. The number of carbonyl (C=O) groups excluding carboxylic acids is 3. The summed E-state index contributed by atoms with van der Waals surface area (Å²) in [6, 6.07) is 0. The first kappa shape index (κ1) is 74.3. The van der Waals surface area contributed by atoms with Crippen LogP contribution in [0.15, 0.2) is 146 Å². The minimum absolute atomic E-state index is 0.106. The topological polar surface area (TPSA) is 78.9 Å². The first-order chi connectivity index (χ1) is 39.0. The van der Waals surface area contributed by atoms with Crippen LogP contribution in [0.3, 0.4) is 0 Å². The highest BCUT2D eigenvalue weighted by Crippen LogP contribution is 2.15. The van der Waals surface area contributed by atoms with Crippen molar-refractivity contribution in [2.24, 2.45) is 0 Å². The Hall–Kier alpha value is -4.71. The number of ether oxygens (including phenoxy) is 3. The molecule has 1 atom stereocenters. The van der Waals surface area contributed by atoms with Crippen LogP contribution in [0.4, 0.5) is 0 Å². The van der Waals surface area contributed by atoms with Gasteiger partial charge in [0.05, 0.1) is 0 Å². The molecule has 6 heteroatoms. The summed E-state index contributed by atoms with van der Waals surface area (Å²) in [6.07, 6.45) is 94.2. The van der Waals surface area contributed by atoms with E-state index in [1.54, 1.807) is 0 Å². The van der Waals surface area contributed by atoms with E-state index in [0.29, 0.717) is 19.3 Å². The summed E-state index contributed by atoms with van der Waals surface area (Å²) in [5, 5.41) is 0. The average Bonchev–Trinajstić information content (AvgIpc) is 3.45. The fraction of sp³-hybridized carbons (Fsp3) is 0.630. The van der Waals surface area contributed by atoms with Crippen LogP contribution < -0.4 is 0 Å². The fourth-order valence-corrected chi connectivity index (χ4v) is 8.54. The molecular weight excluding hydrogens is 973 g/mol. The molecule has 0 aliphatic carbocycles. The molecular formula is C73H118O6. The number of carbonyl (C=O) groups is 3. The zero-order valence-electron chi connectivity index (χ0n) is 51.1. The van der Waals surface area contributed by atoms with Crippen molar-refractivity contribution in [1.82, 2.24) is 0 Å². The number of unbranched alkanes of at least 4 members (excludes halogenated alkanes) is 22. The molecule has 0 aliphatic heterocycles. The fourth-order valence-electron chi connectivity index (χ4n) is 8.54. The first-order valence-corrected chi connectivity index (χ1v) is 32.3. The highest BCUT2D eigenvalue weighted by atomic mass is 16.6. The van der Waals surface area contributed by atoms with Gasteiger partial charge < -0.3 is 14.2 Å².